The zero-order chi connectivity index (χ0) is 39.9. The fourth-order valence-corrected chi connectivity index (χ4v) is 6.36. The van der Waals surface area contributed by atoms with Crippen molar-refractivity contribution < 1.29 is 49.0 Å². The predicted molar refractivity (Wildman–Crippen MR) is 224 cm³/mol. The van der Waals surface area contributed by atoms with E-state index in [1.807, 2.05) is 0 Å². The summed E-state index contributed by atoms with van der Waals surface area (Å²) >= 11 is 0. The van der Waals surface area contributed by atoms with Crippen LogP contribution in [0.3, 0.4) is 0 Å². The second-order valence-electron chi connectivity index (χ2n) is 15.1. The van der Waals surface area contributed by atoms with Crippen LogP contribution in [0.5, 0.6) is 0 Å². The molecule has 0 aromatic heterocycles. The van der Waals surface area contributed by atoms with Gasteiger partial charge in [0, 0.05) is 13.2 Å². The van der Waals surface area contributed by atoms with Gasteiger partial charge in [-0.05, 0) is 12.8 Å². The molecule has 0 aliphatic rings. The van der Waals surface area contributed by atoms with Gasteiger partial charge in [-0.3, -0.25) is 0 Å². The van der Waals surface area contributed by atoms with Crippen LogP contribution < -0.4 is 0 Å². The summed E-state index contributed by atoms with van der Waals surface area (Å²) in [6.45, 7) is 6.55. The van der Waals surface area contributed by atoms with Gasteiger partial charge in [0.15, 0.2) is 0 Å². The largest absolute Gasteiger partial charge is 0.396 e. The van der Waals surface area contributed by atoms with E-state index >= 15 is 0 Å². The fraction of sp³-hybridized carbons (Fsp3) is 1.00. The van der Waals surface area contributed by atoms with Gasteiger partial charge in [-0.15, -0.1) is 0 Å². The number of unbranched alkanes of at least 4 members (excludes halogenated alkanes) is 30. The molecule has 10 nitrogen and oxygen atoms in total. The molecule has 0 heterocycles. The molecule has 0 aliphatic heterocycles. The second-order valence-corrected chi connectivity index (χ2v) is 16.1. The molecule has 0 atom stereocenters. The van der Waals surface area contributed by atoms with E-state index in [0.29, 0.717) is 26.4 Å². The molecule has 0 bridgehead atoms. The molecule has 0 amide bonds. The smallest absolute Gasteiger partial charge is 0.324 e. The zero-order valence-electron chi connectivity index (χ0n) is 34.7. The Morgan fingerprint density at radius 1 is 0.321 bits per heavy atom. The third kappa shape index (κ3) is 56.9. The van der Waals surface area contributed by atoms with Crippen LogP contribution in [0.15, 0.2) is 0 Å². The van der Waals surface area contributed by atoms with Gasteiger partial charge in [0.1, 0.15) is 0 Å². The molecule has 8 N–H and O–H groups in total. The minimum Gasteiger partial charge on any atom is -0.396 e. The van der Waals surface area contributed by atoms with Crippen molar-refractivity contribution in [2.75, 3.05) is 39.6 Å². The lowest BCUT2D eigenvalue weighted by Crippen LogP contribution is -2.40. The van der Waals surface area contributed by atoms with Gasteiger partial charge in [0.05, 0.1) is 31.8 Å². The minimum atomic E-state index is -2.62. The average Bonchev–Trinajstić information content (AvgIpc) is 3.12. The Labute approximate surface area is 329 Å². The topological polar surface area (TPSA) is 180 Å². The van der Waals surface area contributed by atoms with Gasteiger partial charge in [-0.1, -0.05) is 206 Å². The highest BCUT2D eigenvalue weighted by Crippen LogP contribution is 2.19. The SMILES string of the molecule is CCCCCCCCCCCCCCCCCCOCC(CO)(CO)COCCCCCCCCCCCCCCCCCC.OP(O)O.OP(O)O. The van der Waals surface area contributed by atoms with Gasteiger partial charge >= 0.3 is 17.2 Å². The Kier molecular flexibility index (Phi) is 55.0. The van der Waals surface area contributed by atoms with Crippen LogP contribution in [0.2, 0.25) is 0 Å². The summed E-state index contributed by atoms with van der Waals surface area (Å²) < 4.78 is 11.8. The second kappa shape index (κ2) is 50.5. The van der Waals surface area contributed by atoms with E-state index in [1.165, 1.54) is 193 Å². The highest BCUT2D eigenvalue weighted by molar-refractivity contribution is 7.38. The number of ether oxygens (including phenoxy) is 2. The van der Waals surface area contributed by atoms with Crippen LogP contribution in [0.4, 0.5) is 0 Å². The Hall–Kier alpha value is 0.460. The van der Waals surface area contributed by atoms with E-state index in [9.17, 15) is 10.2 Å². The maximum Gasteiger partial charge on any atom is 0.324 e. The monoisotopic (exact) mass is 805 g/mol. The van der Waals surface area contributed by atoms with Gasteiger partial charge in [0.2, 0.25) is 0 Å². The predicted octanol–water partition coefficient (Wildman–Crippen LogP) is 10.9. The Morgan fingerprint density at radius 2 is 0.491 bits per heavy atom. The maximum atomic E-state index is 9.94. The van der Waals surface area contributed by atoms with Crippen molar-refractivity contribution in [2.45, 2.75) is 219 Å². The van der Waals surface area contributed by atoms with Crippen LogP contribution in [-0.2, 0) is 9.47 Å². The normalized spacial score (nSPS) is 11.5. The number of rotatable bonds is 40. The van der Waals surface area contributed by atoms with Crippen molar-refractivity contribution in [3.8, 4) is 0 Å². The summed E-state index contributed by atoms with van der Waals surface area (Å²) in [6, 6.07) is 0. The Bertz CT molecular complexity index is 578. The Balaban J connectivity index is -0.00000281. The molecule has 12 heteroatoms. The van der Waals surface area contributed by atoms with Gasteiger partial charge in [-0.25, -0.2) is 0 Å². The van der Waals surface area contributed by atoms with Crippen molar-refractivity contribution in [3.05, 3.63) is 0 Å². The first kappa shape index (κ1) is 57.8. The molecule has 0 saturated carbocycles. The molecule has 0 unspecified atom stereocenters. The number of aliphatic hydroxyl groups excluding tert-OH is 2. The third-order valence-corrected chi connectivity index (χ3v) is 9.77. The van der Waals surface area contributed by atoms with Gasteiger partial charge < -0.3 is 49.0 Å². The molecule has 0 rings (SSSR count). The van der Waals surface area contributed by atoms with Crippen LogP contribution in [0.25, 0.3) is 0 Å². The minimum absolute atomic E-state index is 0.0958. The summed E-state index contributed by atoms with van der Waals surface area (Å²) in [6.07, 6.45) is 43.7. The molecule has 0 radical (unpaired) electrons. The van der Waals surface area contributed by atoms with E-state index in [4.69, 9.17) is 38.8 Å². The molecule has 0 aliphatic carbocycles. The van der Waals surface area contributed by atoms with Crippen LogP contribution >= 0.6 is 17.2 Å². The standard InChI is InChI=1S/C41H84O4.2H3O3P/c1-3-5-7-9-11-13-15-17-19-21-23-25-27-29-31-33-35-44-39-41(37-42,38-43)40-45-36-34-32-30-28-26-24-22-20-18-16-14-12-10-8-6-4-2;2*1-4(2)3/h42-43H,3-40H2,1-2H3;2*1-3H. The van der Waals surface area contributed by atoms with Crippen LogP contribution in [0.1, 0.15) is 219 Å². The summed E-state index contributed by atoms with van der Waals surface area (Å²) in [4.78, 5) is 43.4. The fourth-order valence-electron chi connectivity index (χ4n) is 6.36. The average molecular weight is 805 g/mol. The molecule has 324 valence electrons. The van der Waals surface area contributed by atoms with E-state index in [1.54, 1.807) is 0 Å². The van der Waals surface area contributed by atoms with Crippen molar-refractivity contribution in [1.82, 2.24) is 0 Å². The Morgan fingerprint density at radius 3 is 0.660 bits per heavy atom. The summed E-state index contributed by atoms with van der Waals surface area (Å²) in [5.41, 5.74) is -0.676. The van der Waals surface area contributed by atoms with E-state index in [2.05, 4.69) is 13.8 Å². The molecular weight excluding hydrogens is 714 g/mol. The van der Waals surface area contributed by atoms with Crippen LogP contribution in [-0.4, -0.2) is 79.2 Å². The maximum absolute atomic E-state index is 9.94. The van der Waals surface area contributed by atoms with E-state index < -0.39 is 22.6 Å². The summed E-state index contributed by atoms with van der Waals surface area (Å²) in [5.74, 6) is 0. The number of hydrogen-bond acceptors (Lipinski definition) is 10. The van der Waals surface area contributed by atoms with Crippen LogP contribution in [0, 0.1) is 5.41 Å². The highest BCUT2D eigenvalue weighted by atomic mass is 31.2. The molecule has 0 saturated heterocycles. The lowest BCUT2D eigenvalue weighted by molar-refractivity contribution is -0.0776. The summed E-state index contributed by atoms with van der Waals surface area (Å²) in [5, 5.41) is 19.9. The lowest BCUT2D eigenvalue weighted by atomic mass is 9.92. The number of hydrogen-bond donors (Lipinski definition) is 8. The quantitative estimate of drug-likeness (QED) is 0.0219. The molecular formula is C41H90O10P2. The van der Waals surface area contributed by atoms with Gasteiger partial charge in [0.25, 0.3) is 0 Å². The lowest BCUT2D eigenvalue weighted by Gasteiger charge is -2.29. The van der Waals surface area contributed by atoms with Gasteiger partial charge in [-0.2, -0.15) is 0 Å². The molecule has 53 heavy (non-hydrogen) atoms. The first-order valence-electron chi connectivity index (χ1n) is 21.8. The van der Waals surface area contributed by atoms with Crippen molar-refractivity contribution in [2.24, 2.45) is 5.41 Å². The number of aliphatic hydroxyl groups is 2. The van der Waals surface area contributed by atoms with E-state index in [-0.39, 0.29) is 13.2 Å². The summed E-state index contributed by atoms with van der Waals surface area (Å²) in [7, 11) is -5.24. The first-order valence-corrected chi connectivity index (χ1v) is 24.2. The highest BCUT2D eigenvalue weighted by Gasteiger charge is 2.29. The molecule has 0 spiro atoms. The van der Waals surface area contributed by atoms with Crippen molar-refractivity contribution in [3.63, 3.8) is 0 Å². The van der Waals surface area contributed by atoms with Crippen molar-refractivity contribution >= 4 is 17.2 Å². The van der Waals surface area contributed by atoms with E-state index in [0.717, 1.165) is 12.8 Å². The molecule has 0 aromatic rings. The molecule has 0 fully saturated rings. The third-order valence-electron chi connectivity index (χ3n) is 9.77. The first-order chi connectivity index (χ1) is 25.7. The van der Waals surface area contributed by atoms with Crippen molar-refractivity contribution in [1.29, 1.82) is 0 Å². The molecule has 0 aromatic carbocycles. The zero-order valence-corrected chi connectivity index (χ0v) is 36.4.